The van der Waals surface area contributed by atoms with Crippen molar-refractivity contribution in [1.82, 2.24) is 4.72 Å². The highest BCUT2D eigenvalue weighted by atomic mass is 79.9. The quantitative estimate of drug-likeness (QED) is 0.561. The van der Waals surface area contributed by atoms with E-state index in [1.165, 1.54) is 30.3 Å². The Hall–Kier alpha value is -1.12. The van der Waals surface area contributed by atoms with E-state index in [1.807, 2.05) is 0 Å². The number of carbonyl (C=O) groups excluding carboxylic acids is 1. The molecule has 2 rings (SSSR count). The summed E-state index contributed by atoms with van der Waals surface area (Å²) in [7, 11) is 0. The molecule has 2 aromatic rings. The normalized spacial score (nSPS) is 13.6. The van der Waals surface area contributed by atoms with Gasteiger partial charge in [-0.1, -0.05) is 27.5 Å². The lowest BCUT2D eigenvalue weighted by Crippen LogP contribution is -2.21. The van der Waals surface area contributed by atoms with Crippen LogP contribution >= 0.6 is 27.5 Å². The van der Waals surface area contributed by atoms with Crippen LogP contribution in [0.25, 0.3) is 0 Å². The van der Waals surface area contributed by atoms with Gasteiger partial charge in [-0.05, 0) is 48.9 Å². The Morgan fingerprint density at radius 1 is 1.35 bits per heavy atom. The molecule has 0 fully saturated rings. The minimum absolute atomic E-state index is 0.282. The molecule has 0 aliphatic carbocycles. The third-order valence-electron chi connectivity index (χ3n) is 3.18. The highest BCUT2D eigenvalue weighted by Gasteiger charge is 2.18. The molecule has 4 nitrogen and oxygen atoms in total. The van der Waals surface area contributed by atoms with Crippen LogP contribution in [-0.4, -0.2) is 14.5 Å². The molecule has 2 unspecified atom stereocenters. The van der Waals surface area contributed by atoms with Crippen molar-refractivity contribution < 1.29 is 17.9 Å². The van der Waals surface area contributed by atoms with E-state index in [1.54, 1.807) is 13.0 Å². The zero-order valence-electron chi connectivity index (χ0n) is 11.8. The molecule has 0 aliphatic heterocycles. The molecule has 0 saturated heterocycles. The lowest BCUT2D eigenvalue weighted by atomic mass is 10.00. The molecular formula is C15H12BrClFNO3S. The number of benzene rings is 2. The molecule has 2 atom stereocenters. The van der Waals surface area contributed by atoms with Gasteiger partial charge in [0.05, 0.1) is 0 Å². The summed E-state index contributed by atoms with van der Waals surface area (Å²) in [5, 5.41) is 0.282. The predicted molar refractivity (Wildman–Crippen MR) is 91.3 cm³/mol. The van der Waals surface area contributed by atoms with Crippen LogP contribution in [0, 0.1) is 5.82 Å². The third kappa shape index (κ3) is 4.45. The summed E-state index contributed by atoms with van der Waals surface area (Å²) in [6.07, 6.45) is 0. The molecule has 0 spiro atoms. The lowest BCUT2D eigenvalue weighted by molar-refractivity contribution is 0.103. The number of rotatable bonds is 5. The Morgan fingerprint density at radius 3 is 2.52 bits per heavy atom. The van der Waals surface area contributed by atoms with Gasteiger partial charge in [0, 0.05) is 26.7 Å². The maximum absolute atomic E-state index is 12.9. The summed E-state index contributed by atoms with van der Waals surface area (Å²) >= 11 is 7.31. The van der Waals surface area contributed by atoms with Crippen LogP contribution in [0.15, 0.2) is 40.9 Å². The van der Waals surface area contributed by atoms with Gasteiger partial charge in [0.1, 0.15) is 5.82 Å². The van der Waals surface area contributed by atoms with Crippen LogP contribution in [0.4, 0.5) is 4.39 Å². The standard InChI is InChI=1S/C15H12BrClFNO3S/c1-8(19-23(21)22)11-6-13(16)12(7-14(11)17)15(20)9-2-4-10(18)5-3-9/h2-8,19H,1H3,(H,21,22). The Bertz CT molecular complexity index is 770. The Balaban J connectivity index is 2.38. The second kappa shape index (κ2) is 7.63. The molecule has 122 valence electrons. The van der Waals surface area contributed by atoms with Crippen molar-refractivity contribution in [3.63, 3.8) is 0 Å². The summed E-state index contributed by atoms with van der Waals surface area (Å²) in [5.41, 5.74) is 1.22. The van der Waals surface area contributed by atoms with Crippen molar-refractivity contribution in [2.45, 2.75) is 13.0 Å². The highest BCUT2D eigenvalue weighted by molar-refractivity contribution is 9.10. The van der Waals surface area contributed by atoms with E-state index in [2.05, 4.69) is 20.7 Å². The van der Waals surface area contributed by atoms with Gasteiger partial charge in [-0.25, -0.2) is 13.3 Å². The van der Waals surface area contributed by atoms with Crippen molar-refractivity contribution in [3.8, 4) is 0 Å². The number of carbonyl (C=O) groups is 1. The second-order valence-electron chi connectivity index (χ2n) is 4.78. The van der Waals surface area contributed by atoms with Crippen molar-refractivity contribution in [1.29, 1.82) is 0 Å². The molecule has 0 saturated carbocycles. The number of nitrogens with one attached hydrogen (secondary N) is 1. The molecule has 0 heterocycles. The van der Waals surface area contributed by atoms with Crippen LogP contribution < -0.4 is 4.72 Å². The molecule has 0 aromatic heterocycles. The first-order valence-electron chi connectivity index (χ1n) is 6.46. The van der Waals surface area contributed by atoms with E-state index in [0.717, 1.165) is 0 Å². The summed E-state index contributed by atoms with van der Waals surface area (Å²) in [6.45, 7) is 1.67. The van der Waals surface area contributed by atoms with Gasteiger partial charge in [0.2, 0.25) is 11.3 Å². The fourth-order valence-electron chi connectivity index (χ4n) is 2.04. The summed E-state index contributed by atoms with van der Waals surface area (Å²) in [5.74, 6) is -0.734. The molecule has 0 bridgehead atoms. The first-order valence-corrected chi connectivity index (χ1v) is 8.73. The molecule has 23 heavy (non-hydrogen) atoms. The van der Waals surface area contributed by atoms with Crippen LogP contribution in [0.3, 0.4) is 0 Å². The number of hydrogen-bond acceptors (Lipinski definition) is 2. The molecular weight excluding hydrogens is 409 g/mol. The molecule has 0 amide bonds. The Labute approximate surface area is 148 Å². The first-order chi connectivity index (χ1) is 10.8. The molecule has 8 heteroatoms. The lowest BCUT2D eigenvalue weighted by Gasteiger charge is -2.15. The van der Waals surface area contributed by atoms with Crippen LogP contribution in [0.1, 0.15) is 34.5 Å². The zero-order valence-corrected chi connectivity index (χ0v) is 15.0. The van der Waals surface area contributed by atoms with E-state index < -0.39 is 23.1 Å². The van der Waals surface area contributed by atoms with Crippen molar-refractivity contribution in [2.24, 2.45) is 0 Å². The van der Waals surface area contributed by atoms with Gasteiger partial charge >= 0.3 is 0 Å². The topological polar surface area (TPSA) is 66.4 Å². The fraction of sp³-hybridized carbons (Fsp3) is 0.133. The summed E-state index contributed by atoms with van der Waals surface area (Å²) in [6, 6.07) is 7.81. The van der Waals surface area contributed by atoms with E-state index in [-0.39, 0.29) is 10.8 Å². The average molecular weight is 421 g/mol. The predicted octanol–water partition coefficient (Wildman–Crippen LogP) is 4.26. The van der Waals surface area contributed by atoms with Crippen molar-refractivity contribution >= 4 is 44.6 Å². The van der Waals surface area contributed by atoms with Crippen LogP contribution in [-0.2, 0) is 11.3 Å². The maximum atomic E-state index is 12.9. The number of halogens is 3. The second-order valence-corrected chi connectivity index (χ2v) is 6.77. The largest absolute Gasteiger partial charge is 0.294 e. The van der Waals surface area contributed by atoms with Gasteiger partial charge in [-0.15, -0.1) is 0 Å². The molecule has 0 radical (unpaired) electrons. The van der Waals surface area contributed by atoms with Gasteiger partial charge in [-0.3, -0.25) is 9.35 Å². The fourth-order valence-corrected chi connectivity index (χ4v) is 3.34. The Kier molecular flexibility index (Phi) is 6.05. The van der Waals surface area contributed by atoms with Gasteiger partial charge in [-0.2, -0.15) is 0 Å². The number of ketones is 1. The van der Waals surface area contributed by atoms with E-state index in [9.17, 15) is 13.4 Å². The average Bonchev–Trinajstić information content (AvgIpc) is 2.48. The van der Waals surface area contributed by atoms with E-state index >= 15 is 0 Å². The maximum Gasteiger partial charge on any atom is 0.232 e. The smallest absolute Gasteiger partial charge is 0.232 e. The summed E-state index contributed by atoms with van der Waals surface area (Å²) in [4.78, 5) is 12.5. The SMILES string of the molecule is CC(NS(=O)O)c1cc(Br)c(C(=O)c2ccc(F)cc2)cc1Cl. The van der Waals surface area contributed by atoms with E-state index in [0.29, 0.717) is 21.2 Å². The van der Waals surface area contributed by atoms with E-state index in [4.69, 9.17) is 16.2 Å². The molecule has 2 aromatic carbocycles. The highest BCUT2D eigenvalue weighted by Crippen LogP contribution is 2.31. The first kappa shape index (κ1) is 18.2. The third-order valence-corrected chi connectivity index (χ3v) is 4.72. The summed E-state index contributed by atoms with van der Waals surface area (Å²) < 4.78 is 35.6. The van der Waals surface area contributed by atoms with Gasteiger partial charge in [0.25, 0.3) is 0 Å². The van der Waals surface area contributed by atoms with Crippen LogP contribution in [0.5, 0.6) is 0 Å². The minimum Gasteiger partial charge on any atom is -0.294 e. The van der Waals surface area contributed by atoms with Gasteiger partial charge in [0.15, 0.2) is 5.78 Å². The van der Waals surface area contributed by atoms with Crippen LogP contribution in [0.2, 0.25) is 5.02 Å². The monoisotopic (exact) mass is 419 g/mol. The van der Waals surface area contributed by atoms with Crippen molar-refractivity contribution in [2.75, 3.05) is 0 Å². The Morgan fingerprint density at radius 2 is 1.96 bits per heavy atom. The van der Waals surface area contributed by atoms with Crippen molar-refractivity contribution in [3.05, 3.63) is 68.4 Å². The molecule has 0 aliphatic rings. The molecule has 2 N–H and O–H groups in total. The zero-order chi connectivity index (χ0) is 17.1. The van der Waals surface area contributed by atoms with Gasteiger partial charge < -0.3 is 0 Å². The minimum atomic E-state index is -2.18. The number of hydrogen-bond donors (Lipinski definition) is 2.